The van der Waals surface area contributed by atoms with Crippen LogP contribution in [-0.4, -0.2) is 11.2 Å². The number of hydrogen-bond acceptors (Lipinski definition) is 2. The third-order valence-electron chi connectivity index (χ3n) is 2.40. The van der Waals surface area contributed by atoms with Gasteiger partial charge >= 0.3 is 0 Å². The van der Waals surface area contributed by atoms with Crippen molar-refractivity contribution in [2.24, 2.45) is 0 Å². The summed E-state index contributed by atoms with van der Waals surface area (Å²) in [5.74, 6) is 0. The third kappa shape index (κ3) is 2.01. The van der Waals surface area contributed by atoms with Crippen LogP contribution in [0.25, 0.3) is 5.57 Å². The van der Waals surface area contributed by atoms with Crippen molar-refractivity contribution in [3.05, 3.63) is 28.0 Å². The zero-order chi connectivity index (χ0) is 9.26. The van der Waals surface area contributed by atoms with E-state index in [2.05, 4.69) is 19.1 Å². The molecule has 1 atom stereocenters. The molecule has 1 aromatic rings. The molecule has 0 spiro atoms. The lowest BCUT2D eigenvalue weighted by molar-refractivity contribution is 0.206. The highest BCUT2D eigenvalue weighted by atomic mass is 32.1. The van der Waals surface area contributed by atoms with Crippen LogP contribution in [0.2, 0.25) is 0 Å². The van der Waals surface area contributed by atoms with E-state index < -0.39 is 0 Å². The van der Waals surface area contributed by atoms with E-state index in [-0.39, 0.29) is 6.10 Å². The molecule has 1 N–H and O–H groups in total. The molecule has 0 bridgehead atoms. The van der Waals surface area contributed by atoms with Crippen LogP contribution >= 0.6 is 11.3 Å². The summed E-state index contributed by atoms with van der Waals surface area (Å²) in [6, 6.07) is 4.30. The third-order valence-corrected chi connectivity index (χ3v) is 3.47. The van der Waals surface area contributed by atoms with Gasteiger partial charge in [0.25, 0.3) is 0 Å². The Kier molecular flexibility index (Phi) is 2.51. The zero-order valence-electron chi connectivity index (χ0n) is 7.79. The summed E-state index contributed by atoms with van der Waals surface area (Å²) in [6.45, 7) is 2.12. The zero-order valence-corrected chi connectivity index (χ0v) is 8.60. The minimum Gasteiger partial charge on any atom is -0.389 e. The van der Waals surface area contributed by atoms with Gasteiger partial charge in [-0.15, -0.1) is 11.3 Å². The number of hydrogen-bond donors (Lipinski definition) is 1. The average Bonchev–Trinajstić information content (AvgIpc) is 2.52. The monoisotopic (exact) mass is 194 g/mol. The van der Waals surface area contributed by atoms with E-state index in [1.165, 1.54) is 15.3 Å². The van der Waals surface area contributed by atoms with Crippen LogP contribution in [0.5, 0.6) is 0 Å². The van der Waals surface area contributed by atoms with Crippen molar-refractivity contribution in [2.45, 2.75) is 32.3 Å². The number of aliphatic hydroxyl groups is 1. The first-order valence-corrected chi connectivity index (χ1v) is 5.53. The molecule has 0 saturated heterocycles. The summed E-state index contributed by atoms with van der Waals surface area (Å²) < 4.78 is 0. The van der Waals surface area contributed by atoms with Crippen molar-refractivity contribution in [1.29, 1.82) is 0 Å². The van der Waals surface area contributed by atoms with Gasteiger partial charge in [-0.2, -0.15) is 0 Å². The van der Waals surface area contributed by atoms with Crippen LogP contribution < -0.4 is 0 Å². The Hall–Kier alpha value is -0.600. The molecule has 70 valence electrons. The summed E-state index contributed by atoms with van der Waals surface area (Å²) in [6.07, 6.45) is 4.95. The van der Waals surface area contributed by atoms with E-state index in [1.807, 2.05) is 17.4 Å². The predicted molar refractivity (Wildman–Crippen MR) is 56.9 cm³/mol. The van der Waals surface area contributed by atoms with E-state index >= 15 is 0 Å². The second-order valence-electron chi connectivity index (χ2n) is 3.56. The van der Waals surface area contributed by atoms with Gasteiger partial charge in [0.05, 0.1) is 6.10 Å². The summed E-state index contributed by atoms with van der Waals surface area (Å²) in [7, 11) is 0. The Morgan fingerprint density at radius 1 is 1.46 bits per heavy atom. The molecule has 1 nitrogen and oxygen atoms in total. The molecule has 0 fully saturated rings. The molecule has 2 rings (SSSR count). The summed E-state index contributed by atoms with van der Waals surface area (Å²) in [5, 5.41) is 9.48. The maximum atomic E-state index is 9.48. The Bertz CT molecular complexity index is 325. The number of aliphatic hydroxyl groups excluding tert-OH is 1. The van der Waals surface area contributed by atoms with Gasteiger partial charge in [-0.1, -0.05) is 6.08 Å². The van der Waals surface area contributed by atoms with Crippen LogP contribution in [0, 0.1) is 6.92 Å². The molecular formula is C11H14OS. The fourth-order valence-corrected chi connectivity index (χ4v) is 2.63. The highest BCUT2D eigenvalue weighted by molar-refractivity contribution is 7.13. The number of aryl methyl sites for hydroxylation is 1. The Morgan fingerprint density at radius 2 is 2.31 bits per heavy atom. The first-order chi connectivity index (χ1) is 6.25. The number of allylic oxidation sites excluding steroid dienone is 1. The van der Waals surface area contributed by atoms with Crippen LogP contribution in [0.3, 0.4) is 0 Å². The van der Waals surface area contributed by atoms with E-state index in [9.17, 15) is 5.11 Å². The summed E-state index contributed by atoms with van der Waals surface area (Å²) >= 11 is 1.82. The second kappa shape index (κ2) is 3.64. The molecule has 0 aromatic carbocycles. The maximum absolute atomic E-state index is 9.48. The lowest BCUT2D eigenvalue weighted by atomic mass is 9.96. The smallest absolute Gasteiger partial charge is 0.0727 e. The van der Waals surface area contributed by atoms with E-state index in [0.29, 0.717) is 0 Å². The first kappa shape index (κ1) is 8.97. The molecule has 13 heavy (non-hydrogen) atoms. The Labute approximate surface area is 82.7 Å². The Balaban J connectivity index is 2.25. The molecule has 0 radical (unpaired) electrons. The highest BCUT2D eigenvalue weighted by Gasteiger charge is 2.12. The van der Waals surface area contributed by atoms with Crippen LogP contribution in [-0.2, 0) is 0 Å². The molecule has 1 unspecified atom stereocenters. The van der Waals surface area contributed by atoms with Crippen molar-refractivity contribution >= 4 is 16.9 Å². The molecular weight excluding hydrogens is 180 g/mol. The largest absolute Gasteiger partial charge is 0.389 e. The van der Waals surface area contributed by atoms with Crippen molar-refractivity contribution in [3.8, 4) is 0 Å². The van der Waals surface area contributed by atoms with Gasteiger partial charge < -0.3 is 5.11 Å². The molecule has 1 heterocycles. The Morgan fingerprint density at radius 3 is 2.92 bits per heavy atom. The van der Waals surface area contributed by atoms with Gasteiger partial charge in [0.2, 0.25) is 0 Å². The number of rotatable bonds is 1. The summed E-state index contributed by atoms with van der Waals surface area (Å²) in [4.78, 5) is 2.67. The topological polar surface area (TPSA) is 20.2 Å². The lowest BCUT2D eigenvalue weighted by Gasteiger charge is -2.15. The van der Waals surface area contributed by atoms with Gasteiger partial charge in [-0.25, -0.2) is 0 Å². The van der Waals surface area contributed by atoms with Gasteiger partial charge in [0.15, 0.2) is 0 Å². The van der Waals surface area contributed by atoms with E-state index in [0.717, 1.165) is 19.3 Å². The molecule has 0 saturated carbocycles. The molecule has 2 heteroatoms. The quantitative estimate of drug-likeness (QED) is 0.728. The van der Waals surface area contributed by atoms with Gasteiger partial charge in [-0.05, 0) is 43.9 Å². The van der Waals surface area contributed by atoms with Gasteiger partial charge in [0, 0.05) is 9.75 Å². The molecule has 0 aliphatic heterocycles. The molecule has 0 amide bonds. The van der Waals surface area contributed by atoms with Crippen molar-refractivity contribution in [1.82, 2.24) is 0 Å². The second-order valence-corrected chi connectivity index (χ2v) is 4.85. The SMILES string of the molecule is Cc1ccc(C2=CC(O)CCC2)s1. The average molecular weight is 194 g/mol. The fraction of sp³-hybridized carbons (Fsp3) is 0.455. The predicted octanol–water partition coefficient (Wildman–Crippen LogP) is 2.98. The standard InChI is InChI=1S/C11H14OS/c1-8-5-6-11(13-8)9-3-2-4-10(12)7-9/h5-7,10,12H,2-4H2,1H3. The lowest BCUT2D eigenvalue weighted by Crippen LogP contribution is -2.07. The number of thiophene rings is 1. The van der Waals surface area contributed by atoms with Crippen molar-refractivity contribution in [2.75, 3.05) is 0 Å². The van der Waals surface area contributed by atoms with Gasteiger partial charge in [0.1, 0.15) is 0 Å². The molecule has 1 aliphatic carbocycles. The van der Waals surface area contributed by atoms with Crippen LogP contribution in [0.1, 0.15) is 29.0 Å². The van der Waals surface area contributed by atoms with Crippen LogP contribution in [0.15, 0.2) is 18.2 Å². The normalized spacial score (nSPS) is 22.9. The van der Waals surface area contributed by atoms with Crippen molar-refractivity contribution < 1.29 is 5.11 Å². The molecule has 1 aromatic heterocycles. The van der Waals surface area contributed by atoms with E-state index in [4.69, 9.17) is 0 Å². The first-order valence-electron chi connectivity index (χ1n) is 4.71. The molecule has 1 aliphatic rings. The van der Waals surface area contributed by atoms with E-state index in [1.54, 1.807) is 0 Å². The highest BCUT2D eigenvalue weighted by Crippen LogP contribution is 2.31. The minimum atomic E-state index is -0.217. The summed E-state index contributed by atoms with van der Waals surface area (Å²) in [5.41, 5.74) is 1.33. The maximum Gasteiger partial charge on any atom is 0.0727 e. The fourth-order valence-electron chi connectivity index (χ4n) is 1.71. The minimum absolute atomic E-state index is 0.217. The van der Waals surface area contributed by atoms with Gasteiger partial charge in [-0.3, -0.25) is 0 Å². The van der Waals surface area contributed by atoms with Crippen LogP contribution in [0.4, 0.5) is 0 Å². The van der Waals surface area contributed by atoms with Crippen molar-refractivity contribution in [3.63, 3.8) is 0 Å².